The van der Waals surface area contributed by atoms with Crippen molar-refractivity contribution in [1.82, 2.24) is 49.9 Å². The molecule has 4 aliphatic rings. The van der Waals surface area contributed by atoms with Crippen LogP contribution in [0.5, 0.6) is 0 Å². The highest BCUT2D eigenvalue weighted by molar-refractivity contribution is 7.10. The molecule has 4 atom stereocenters. The number of urea groups is 1. The summed E-state index contributed by atoms with van der Waals surface area (Å²) in [7, 11) is 7.19. The zero-order chi connectivity index (χ0) is 50.2. The number of cyclic esters (lactones) is 1. The topological polar surface area (TPSA) is 175 Å². The van der Waals surface area contributed by atoms with Gasteiger partial charge in [0, 0.05) is 105 Å². The second-order valence-electron chi connectivity index (χ2n) is 20.8. The van der Waals surface area contributed by atoms with E-state index in [2.05, 4.69) is 60.3 Å². The Bertz CT molecular complexity index is 2650. The van der Waals surface area contributed by atoms with E-state index in [1.165, 1.54) is 21.2 Å². The van der Waals surface area contributed by atoms with Gasteiger partial charge in [-0.15, -0.1) is 11.3 Å². The molecule has 4 aliphatic heterocycles. The molecule has 18 heteroatoms. The Balaban J connectivity index is 1.10. The van der Waals surface area contributed by atoms with Gasteiger partial charge >= 0.3 is 12.0 Å². The van der Waals surface area contributed by atoms with Gasteiger partial charge in [0.15, 0.2) is 0 Å². The fourth-order valence-corrected chi connectivity index (χ4v) is 11.4. The summed E-state index contributed by atoms with van der Waals surface area (Å²) < 4.78 is 14.3. The van der Waals surface area contributed by atoms with Gasteiger partial charge in [-0.25, -0.2) is 15.2 Å². The van der Waals surface area contributed by atoms with Gasteiger partial charge in [0.1, 0.15) is 18.1 Å². The van der Waals surface area contributed by atoms with Crippen molar-refractivity contribution >= 4 is 52.0 Å². The maximum atomic E-state index is 14.7. The van der Waals surface area contributed by atoms with Gasteiger partial charge < -0.3 is 39.0 Å². The molecule has 3 saturated heterocycles. The van der Waals surface area contributed by atoms with Crippen LogP contribution in [0.4, 0.5) is 4.79 Å². The van der Waals surface area contributed by atoms with Crippen LogP contribution in [0.15, 0.2) is 54.1 Å². The van der Waals surface area contributed by atoms with Gasteiger partial charge in [-0.3, -0.25) is 29.2 Å². The third-order valence-electron chi connectivity index (χ3n) is 14.4. The Morgan fingerprint density at radius 1 is 1.10 bits per heavy atom. The first-order valence-corrected chi connectivity index (χ1v) is 25.5. The first kappa shape index (κ1) is 50.7. The summed E-state index contributed by atoms with van der Waals surface area (Å²) in [6.07, 6.45) is 7.37. The lowest BCUT2D eigenvalue weighted by atomic mass is 9.77. The third-order valence-corrected chi connectivity index (χ3v) is 15.3. The minimum Gasteiger partial charge on any atom is -0.464 e. The van der Waals surface area contributed by atoms with Crippen LogP contribution in [0.25, 0.3) is 33.4 Å². The van der Waals surface area contributed by atoms with Gasteiger partial charge in [-0.1, -0.05) is 39.8 Å². The number of methoxy groups -OCH3 is 1. The largest absolute Gasteiger partial charge is 0.464 e. The van der Waals surface area contributed by atoms with Crippen molar-refractivity contribution in [3.8, 4) is 22.5 Å². The number of nitrogens with zero attached hydrogens (tertiary/aromatic N) is 8. The third kappa shape index (κ3) is 10.1. The second kappa shape index (κ2) is 20.6. The van der Waals surface area contributed by atoms with Crippen LogP contribution < -0.4 is 10.7 Å². The van der Waals surface area contributed by atoms with Gasteiger partial charge in [0.05, 0.1) is 40.3 Å². The number of thiazole rings is 1. The minimum absolute atomic E-state index is 0.0760. The summed E-state index contributed by atoms with van der Waals surface area (Å²) in [5, 5.41) is 8.16. The monoisotopic (exact) mass is 979 g/mol. The smallest absolute Gasteiger partial charge is 0.324 e. The minimum atomic E-state index is -1.09. The van der Waals surface area contributed by atoms with Crippen molar-refractivity contribution in [2.45, 2.75) is 110 Å². The van der Waals surface area contributed by atoms with Crippen LogP contribution in [0.3, 0.4) is 0 Å². The number of hydrazine groups is 1. The number of aryl methyl sites for hydroxylation is 1. The lowest BCUT2D eigenvalue weighted by Gasteiger charge is -2.62. The average molecular weight is 979 g/mol. The molecule has 1 aromatic carbocycles. The van der Waals surface area contributed by atoms with E-state index in [1.54, 1.807) is 36.2 Å². The molecule has 2 N–H and O–H groups in total. The number of fused-ring (bicyclic) bond motifs is 6. The summed E-state index contributed by atoms with van der Waals surface area (Å²) in [5.74, 6) is -1.76. The molecule has 17 nitrogen and oxygen atoms in total. The molecule has 3 fully saturated rings. The first-order valence-electron chi connectivity index (χ1n) is 24.6. The molecular weight excluding hydrogens is 909 g/mol. The van der Waals surface area contributed by atoms with Gasteiger partial charge in [-0.05, 0) is 89.4 Å². The van der Waals surface area contributed by atoms with Crippen molar-refractivity contribution in [2.24, 2.45) is 11.3 Å². The molecule has 5 amide bonds. The van der Waals surface area contributed by atoms with Crippen LogP contribution in [0.2, 0.25) is 0 Å². The van der Waals surface area contributed by atoms with E-state index in [9.17, 15) is 24.0 Å². The normalized spacial score (nSPS) is 21.1. The van der Waals surface area contributed by atoms with Crippen molar-refractivity contribution in [3.63, 3.8) is 0 Å². The van der Waals surface area contributed by atoms with Crippen LogP contribution in [-0.2, 0) is 48.0 Å². The Morgan fingerprint density at radius 2 is 1.87 bits per heavy atom. The second-order valence-corrected chi connectivity index (χ2v) is 21.8. The van der Waals surface area contributed by atoms with Crippen LogP contribution in [0, 0.1) is 11.3 Å². The molecule has 0 aliphatic carbocycles. The number of pyridine rings is 1. The molecule has 4 aromatic rings. The predicted molar refractivity (Wildman–Crippen MR) is 269 cm³/mol. The highest BCUT2D eigenvalue weighted by Gasteiger charge is 2.57. The maximum absolute atomic E-state index is 14.7. The van der Waals surface area contributed by atoms with E-state index < -0.39 is 46.9 Å². The molecular formula is C52H70N10O7S. The number of ether oxygens (including phenoxy) is 2. The Kier molecular flexibility index (Phi) is 14.9. The maximum Gasteiger partial charge on any atom is 0.324 e. The van der Waals surface area contributed by atoms with E-state index in [-0.39, 0.29) is 37.0 Å². The number of rotatable bonds is 11. The predicted octanol–water partition coefficient (Wildman–Crippen LogP) is 5.68. The van der Waals surface area contributed by atoms with Crippen LogP contribution in [0.1, 0.15) is 83.2 Å². The Hall–Kier alpha value is -5.69. The molecule has 1 unspecified atom stereocenters. The van der Waals surface area contributed by atoms with Gasteiger partial charge in [0.2, 0.25) is 11.8 Å². The van der Waals surface area contributed by atoms with Crippen molar-refractivity contribution in [2.75, 3.05) is 67.6 Å². The fraction of sp³-hybridized carbons (Fsp3) is 0.558. The zero-order valence-corrected chi connectivity index (χ0v) is 43.2. The number of carbonyl (C=O) groups is 5. The summed E-state index contributed by atoms with van der Waals surface area (Å²) in [6.45, 7) is 15.2. The SMILES string of the molecule is CCn1c(-c2cccnc2[C@H](C)OC)c2c3cc(ccc31)-c1csc(n1)C[C@H](NC(=O)C(C(C)C)N(C)C(=O)N1CCC13CN(C(=O)/C=C/CN(C)C)C3)C(=O)N1CCC[C@H](N1)C(=O)OCC(C)(C)C2. The lowest BCUT2D eigenvalue weighted by molar-refractivity contribution is -0.155. The number of likely N-dealkylation sites (tertiary alicyclic amines) is 2. The number of aromatic nitrogens is 3. The van der Waals surface area contributed by atoms with E-state index in [0.29, 0.717) is 63.5 Å². The number of nitrogens with one attached hydrogen (secondary N) is 2. The Morgan fingerprint density at radius 3 is 2.56 bits per heavy atom. The number of likely N-dealkylation sites (N-methyl/N-ethyl adjacent to an activating group) is 2. The van der Waals surface area contributed by atoms with Crippen molar-refractivity contribution in [1.29, 1.82) is 0 Å². The van der Waals surface area contributed by atoms with Crippen LogP contribution in [-0.4, -0.2) is 160 Å². The molecule has 376 valence electrons. The molecule has 6 bridgehead atoms. The molecule has 70 heavy (non-hydrogen) atoms. The van der Waals surface area contributed by atoms with Gasteiger partial charge in [-0.2, -0.15) is 0 Å². The summed E-state index contributed by atoms with van der Waals surface area (Å²) in [5.41, 5.74) is 8.81. The Labute approximate surface area is 415 Å². The van der Waals surface area contributed by atoms with Crippen LogP contribution >= 0.6 is 11.3 Å². The molecule has 8 rings (SSSR count). The highest BCUT2D eigenvalue weighted by Crippen LogP contribution is 2.43. The summed E-state index contributed by atoms with van der Waals surface area (Å²) in [6, 6.07) is 7.33. The standard InChI is InChI=1S/C52H70N10O7S/c1-11-60-41-19-18-34-25-36(41)37(46(60)35-15-12-21-53-44(35)33(4)68-10)27-51(5,6)31-69-49(66)38-16-13-23-62(56-38)48(65)39(26-42-54-40(34)28-70-42)55-47(64)45(32(2)3)58(9)50(67)61-24-20-52(61)29-59(30-52)43(63)17-14-22-57(7)8/h12,14-15,17-19,21,25,28,32-33,38-39,45,56H,11,13,16,20,22-24,26-27,29-31H2,1-10H3,(H,55,64)/b17-14+/t33-,38-,39-,45?/m0/s1. The molecule has 3 aromatic heterocycles. The fourth-order valence-electron chi connectivity index (χ4n) is 10.5. The molecule has 0 radical (unpaired) electrons. The molecule has 0 saturated carbocycles. The van der Waals surface area contributed by atoms with E-state index in [0.717, 1.165) is 51.1 Å². The number of carbonyl (C=O) groups excluding carboxylic acids is 5. The number of esters is 1. The molecule has 7 heterocycles. The van der Waals surface area contributed by atoms with Gasteiger partial charge in [0.25, 0.3) is 5.91 Å². The van der Waals surface area contributed by atoms with Crippen molar-refractivity contribution < 1.29 is 33.4 Å². The van der Waals surface area contributed by atoms with E-state index in [1.807, 2.05) is 57.3 Å². The summed E-state index contributed by atoms with van der Waals surface area (Å²) >= 11 is 1.41. The first-order chi connectivity index (χ1) is 33.3. The molecule has 1 spiro atoms. The van der Waals surface area contributed by atoms with Crippen molar-refractivity contribution in [3.05, 3.63) is 70.3 Å². The number of hydrogen-bond donors (Lipinski definition) is 2. The number of benzene rings is 1. The summed E-state index contributed by atoms with van der Waals surface area (Å²) in [4.78, 5) is 87.3. The highest BCUT2D eigenvalue weighted by atomic mass is 32.1. The number of hydrogen-bond acceptors (Lipinski definition) is 12. The lowest BCUT2D eigenvalue weighted by Crippen LogP contribution is -2.79. The average Bonchev–Trinajstić information content (AvgIpc) is 3.90. The van der Waals surface area contributed by atoms with E-state index in [4.69, 9.17) is 19.4 Å². The zero-order valence-electron chi connectivity index (χ0n) is 42.4. The number of amides is 5. The quantitative estimate of drug-likeness (QED) is 0.140. The van der Waals surface area contributed by atoms with E-state index >= 15 is 0 Å².